The maximum atomic E-state index is 5.92. The van der Waals surface area contributed by atoms with Crippen molar-refractivity contribution in [2.24, 2.45) is 0 Å². The average Bonchev–Trinajstić information content (AvgIpc) is 3.32. The fourth-order valence-electron chi connectivity index (χ4n) is 3.56. The number of fused-ring (bicyclic) bond motifs is 1. The summed E-state index contributed by atoms with van der Waals surface area (Å²) in [5.74, 6) is 0. The van der Waals surface area contributed by atoms with Gasteiger partial charge < -0.3 is 10.2 Å². The lowest BCUT2D eigenvalue weighted by atomic mass is 10.1. The molecule has 0 saturated carbocycles. The summed E-state index contributed by atoms with van der Waals surface area (Å²) in [6.45, 7) is 11.2. The number of aryl methyl sites for hydroxylation is 2. The zero-order chi connectivity index (χ0) is 21.3. The monoisotopic (exact) mass is 440 g/mol. The summed E-state index contributed by atoms with van der Waals surface area (Å²) in [5.41, 5.74) is 7.27. The first-order valence-corrected chi connectivity index (χ1v) is 11.3. The quantitative estimate of drug-likeness (QED) is 0.405. The highest BCUT2D eigenvalue weighted by Crippen LogP contribution is 2.26. The Morgan fingerprint density at radius 3 is 2.40 bits per heavy atom. The molecular weight excluding hydrogens is 416 g/mol. The number of halogens is 1. The van der Waals surface area contributed by atoms with E-state index >= 15 is 0 Å². The first-order chi connectivity index (χ1) is 14.5. The van der Waals surface area contributed by atoms with Gasteiger partial charge in [0.15, 0.2) is 4.47 Å². The fraction of sp³-hybridized carbons (Fsp3) is 0.318. The SMILES string of the molecule is CCN(CC)c1ccc(-n2nc3cc(C)c(NCc4cnc(Cl)s4)cc3n2)c(C)c1. The van der Waals surface area contributed by atoms with Gasteiger partial charge in [-0.25, -0.2) is 4.98 Å². The van der Waals surface area contributed by atoms with Gasteiger partial charge in [0.2, 0.25) is 0 Å². The molecule has 30 heavy (non-hydrogen) atoms. The summed E-state index contributed by atoms with van der Waals surface area (Å²) < 4.78 is 0.560. The lowest BCUT2D eigenvalue weighted by Gasteiger charge is -2.22. The Balaban J connectivity index is 1.62. The summed E-state index contributed by atoms with van der Waals surface area (Å²) in [4.78, 5) is 9.25. The van der Waals surface area contributed by atoms with E-state index in [2.05, 4.69) is 73.2 Å². The predicted octanol–water partition coefficient (Wildman–Crippen LogP) is 5.61. The zero-order valence-corrected chi connectivity index (χ0v) is 19.2. The van der Waals surface area contributed by atoms with Gasteiger partial charge >= 0.3 is 0 Å². The van der Waals surface area contributed by atoms with E-state index < -0.39 is 0 Å². The molecule has 0 radical (unpaired) electrons. The molecule has 2 aromatic carbocycles. The minimum absolute atomic E-state index is 0.560. The molecule has 2 aromatic heterocycles. The molecule has 0 saturated heterocycles. The van der Waals surface area contributed by atoms with Crippen LogP contribution >= 0.6 is 22.9 Å². The molecule has 0 atom stereocenters. The molecule has 8 heteroatoms. The van der Waals surface area contributed by atoms with Gasteiger partial charge in [-0.3, -0.25) is 0 Å². The lowest BCUT2D eigenvalue weighted by Crippen LogP contribution is -2.21. The minimum atomic E-state index is 0.560. The Hall–Kier alpha value is -2.64. The molecule has 0 aliphatic carbocycles. The Morgan fingerprint density at radius 1 is 1.03 bits per heavy atom. The molecule has 4 rings (SSSR count). The van der Waals surface area contributed by atoms with Gasteiger partial charge in [-0.05, 0) is 69.2 Å². The van der Waals surface area contributed by atoms with Crippen LogP contribution in [0.3, 0.4) is 0 Å². The predicted molar refractivity (Wildman–Crippen MR) is 126 cm³/mol. The van der Waals surface area contributed by atoms with Crippen molar-refractivity contribution in [3.05, 3.63) is 57.0 Å². The van der Waals surface area contributed by atoms with E-state index in [0.29, 0.717) is 11.0 Å². The second-order valence-corrected chi connectivity index (χ2v) is 8.92. The molecule has 0 unspecified atom stereocenters. The molecule has 0 amide bonds. The van der Waals surface area contributed by atoms with Crippen LogP contribution in [0.15, 0.2) is 36.5 Å². The van der Waals surface area contributed by atoms with Gasteiger partial charge in [0.05, 0.1) is 12.2 Å². The van der Waals surface area contributed by atoms with Crippen LogP contribution < -0.4 is 10.2 Å². The van der Waals surface area contributed by atoms with E-state index in [1.54, 1.807) is 11.0 Å². The van der Waals surface area contributed by atoms with E-state index in [9.17, 15) is 0 Å². The van der Waals surface area contributed by atoms with E-state index in [1.807, 2.05) is 0 Å². The van der Waals surface area contributed by atoms with Crippen molar-refractivity contribution in [1.29, 1.82) is 0 Å². The van der Waals surface area contributed by atoms with Crippen LogP contribution in [0.2, 0.25) is 4.47 Å². The van der Waals surface area contributed by atoms with Gasteiger partial charge in [-0.1, -0.05) is 11.6 Å². The lowest BCUT2D eigenvalue weighted by molar-refractivity contribution is 0.759. The maximum Gasteiger partial charge on any atom is 0.183 e. The highest BCUT2D eigenvalue weighted by Gasteiger charge is 2.12. The van der Waals surface area contributed by atoms with Gasteiger partial charge in [0, 0.05) is 35.5 Å². The van der Waals surface area contributed by atoms with E-state index in [4.69, 9.17) is 21.8 Å². The number of rotatable bonds is 7. The number of nitrogens with one attached hydrogen (secondary N) is 1. The van der Waals surface area contributed by atoms with Crippen LogP contribution in [-0.4, -0.2) is 33.1 Å². The van der Waals surface area contributed by atoms with Crippen LogP contribution in [0.4, 0.5) is 11.4 Å². The second kappa shape index (κ2) is 8.62. The number of hydrogen-bond donors (Lipinski definition) is 1. The number of hydrogen-bond acceptors (Lipinski definition) is 6. The van der Waals surface area contributed by atoms with Crippen molar-refractivity contribution in [2.45, 2.75) is 34.2 Å². The van der Waals surface area contributed by atoms with E-state index in [1.165, 1.54) is 17.0 Å². The summed E-state index contributed by atoms with van der Waals surface area (Å²) in [7, 11) is 0. The van der Waals surface area contributed by atoms with Crippen LogP contribution in [0.25, 0.3) is 16.7 Å². The Morgan fingerprint density at radius 2 is 1.77 bits per heavy atom. The third kappa shape index (κ3) is 4.13. The topological polar surface area (TPSA) is 58.9 Å². The number of aromatic nitrogens is 4. The molecule has 0 bridgehead atoms. The minimum Gasteiger partial charge on any atom is -0.380 e. The molecule has 0 fully saturated rings. The van der Waals surface area contributed by atoms with Gasteiger partial charge in [-0.15, -0.1) is 21.5 Å². The normalized spacial score (nSPS) is 11.2. The van der Waals surface area contributed by atoms with E-state index in [0.717, 1.165) is 51.5 Å². The van der Waals surface area contributed by atoms with Crippen molar-refractivity contribution in [2.75, 3.05) is 23.3 Å². The van der Waals surface area contributed by atoms with Crippen LogP contribution in [0, 0.1) is 13.8 Å². The first kappa shape index (κ1) is 20.6. The van der Waals surface area contributed by atoms with Gasteiger partial charge in [-0.2, -0.15) is 4.80 Å². The second-order valence-electron chi connectivity index (χ2n) is 7.22. The molecular formula is C22H25ClN6S. The molecule has 0 aliphatic rings. The third-order valence-electron chi connectivity index (χ3n) is 5.23. The van der Waals surface area contributed by atoms with Crippen LogP contribution in [0.5, 0.6) is 0 Å². The zero-order valence-electron chi connectivity index (χ0n) is 17.6. The first-order valence-electron chi connectivity index (χ1n) is 10.1. The number of benzene rings is 2. The summed E-state index contributed by atoms with van der Waals surface area (Å²) >= 11 is 7.41. The largest absolute Gasteiger partial charge is 0.380 e. The van der Waals surface area contributed by atoms with Crippen molar-refractivity contribution < 1.29 is 0 Å². The fourth-order valence-corrected chi connectivity index (χ4v) is 4.48. The summed E-state index contributed by atoms with van der Waals surface area (Å²) in [6.07, 6.45) is 1.80. The van der Waals surface area contributed by atoms with Gasteiger partial charge in [0.25, 0.3) is 0 Å². The average molecular weight is 441 g/mol. The summed E-state index contributed by atoms with van der Waals surface area (Å²) in [6, 6.07) is 10.6. The van der Waals surface area contributed by atoms with Crippen LogP contribution in [-0.2, 0) is 6.54 Å². The Kier molecular flexibility index (Phi) is 5.92. The third-order valence-corrected chi connectivity index (χ3v) is 6.34. The highest BCUT2D eigenvalue weighted by molar-refractivity contribution is 7.15. The summed E-state index contributed by atoms with van der Waals surface area (Å²) in [5, 5.41) is 12.9. The molecule has 4 aromatic rings. The molecule has 156 valence electrons. The van der Waals surface area contributed by atoms with Crippen molar-refractivity contribution in [1.82, 2.24) is 20.0 Å². The number of anilines is 2. The Labute approximate surface area is 185 Å². The van der Waals surface area contributed by atoms with Crippen molar-refractivity contribution >= 4 is 45.3 Å². The molecule has 2 heterocycles. The standard InChI is InChI=1S/C22H25ClN6S/c1-5-28(6-2)16-7-8-21(15(4)9-16)29-26-19-10-14(3)18(11-20(19)27-29)24-12-17-13-25-22(23)30-17/h7-11,13,24H,5-6,12H2,1-4H3. The maximum absolute atomic E-state index is 5.92. The number of thiazole rings is 1. The number of nitrogens with zero attached hydrogens (tertiary/aromatic N) is 5. The molecule has 1 N–H and O–H groups in total. The van der Waals surface area contributed by atoms with Crippen molar-refractivity contribution in [3.63, 3.8) is 0 Å². The van der Waals surface area contributed by atoms with Crippen molar-refractivity contribution in [3.8, 4) is 5.69 Å². The molecule has 6 nitrogen and oxygen atoms in total. The van der Waals surface area contributed by atoms with Gasteiger partial charge in [0.1, 0.15) is 11.0 Å². The van der Waals surface area contributed by atoms with Crippen LogP contribution in [0.1, 0.15) is 29.9 Å². The van der Waals surface area contributed by atoms with E-state index in [-0.39, 0.29) is 0 Å². The molecule has 0 spiro atoms. The smallest absolute Gasteiger partial charge is 0.183 e. The highest BCUT2D eigenvalue weighted by atomic mass is 35.5. The molecule has 0 aliphatic heterocycles. The Bertz CT molecular complexity index is 1180.